The van der Waals surface area contributed by atoms with Crippen molar-refractivity contribution in [1.82, 2.24) is 15.1 Å². The fourth-order valence-corrected chi connectivity index (χ4v) is 5.44. The zero-order valence-corrected chi connectivity index (χ0v) is 15.4. The molecule has 24 heavy (non-hydrogen) atoms. The molecule has 1 aliphatic heterocycles. The van der Waals surface area contributed by atoms with Gasteiger partial charge in [0, 0.05) is 16.1 Å². The molecule has 2 aromatic heterocycles. The Morgan fingerprint density at radius 3 is 2.88 bits per heavy atom. The van der Waals surface area contributed by atoms with Crippen LogP contribution in [0.5, 0.6) is 0 Å². The van der Waals surface area contributed by atoms with Gasteiger partial charge >= 0.3 is 0 Å². The standard InChI is InChI=1S/C16H21N3O3S2/c1-11-15(8-16(20)17-9-14-4-3-6-23-14)12(2)19(18-11)13-5-7-24(21,22)10-13/h3-4,6,13H,5,7-10H2,1-2H3,(H,17,20). The normalized spacial score (nSPS) is 19.5. The fraction of sp³-hybridized carbons (Fsp3) is 0.500. The first-order valence-electron chi connectivity index (χ1n) is 7.90. The average molecular weight is 367 g/mol. The molecule has 0 spiro atoms. The topological polar surface area (TPSA) is 81.1 Å². The van der Waals surface area contributed by atoms with E-state index in [-0.39, 0.29) is 29.9 Å². The number of nitrogens with one attached hydrogen (secondary N) is 1. The Labute approximate surface area is 145 Å². The summed E-state index contributed by atoms with van der Waals surface area (Å²) in [6.07, 6.45) is 0.858. The molecular weight excluding hydrogens is 346 g/mol. The molecule has 0 aromatic carbocycles. The van der Waals surface area contributed by atoms with Crippen molar-refractivity contribution in [2.45, 2.75) is 39.3 Å². The molecule has 1 aliphatic rings. The molecule has 1 atom stereocenters. The Morgan fingerprint density at radius 1 is 1.46 bits per heavy atom. The van der Waals surface area contributed by atoms with Crippen molar-refractivity contribution in [2.75, 3.05) is 11.5 Å². The van der Waals surface area contributed by atoms with Crippen molar-refractivity contribution in [3.63, 3.8) is 0 Å². The first kappa shape index (κ1) is 17.2. The van der Waals surface area contributed by atoms with E-state index in [2.05, 4.69) is 10.4 Å². The van der Waals surface area contributed by atoms with Gasteiger partial charge in [-0.1, -0.05) is 6.07 Å². The van der Waals surface area contributed by atoms with Crippen LogP contribution in [0.1, 0.15) is 34.3 Å². The van der Waals surface area contributed by atoms with Crippen molar-refractivity contribution in [1.29, 1.82) is 0 Å². The third kappa shape index (κ3) is 3.70. The van der Waals surface area contributed by atoms with Gasteiger partial charge in [0.05, 0.1) is 36.2 Å². The highest BCUT2D eigenvalue weighted by molar-refractivity contribution is 7.91. The summed E-state index contributed by atoms with van der Waals surface area (Å²) in [6.45, 7) is 4.31. The maximum atomic E-state index is 12.2. The highest BCUT2D eigenvalue weighted by Gasteiger charge is 2.31. The van der Waals surface area contributed by atoms with Crippen LogP contribution in [0.15, 0.2) is 17.5 Å². The van der Waals surface area contributed by atoms with Gasteiger partial charge in [0.1, 0.15) is 0 Å². The minimum atomic E-state index is -2.96. The summed E-state index contributed by atoms with van der Waals surface area (Å²) in [4.78, 5) is 13.3. The quantitative estimate of drug-likeness (QED) is 0.873. The zero-order valence-electron chi connectivity index (χ0n) is 13.8. The monoisotopic (exact) mass is 367 g/mol. The molecule has 0 bridgehead atoms. The van der Waals surface area contributed by atoms with Crippen LogP contribution in [-0.4, -0.2) is 35.6 Å². The first-order valence-corrected chi connectivity index (χ1v) is 10.6. The van der Waals surface area contributed by atoms with Crippen LogP contribution in [0.4, 0.5) is 0 Å². The number of carbonyl (C=O) groups is 1. The molecule has 2 aromatic rings. The van der Waals surface area contributed by atoms with E-state index in [0.29, 0.717) is 13.0 Å². The molecule has 130 valence electrons. The number of nitrogens with zero attached hydrogens (tertiary/aromatic N) is 2. The lowest BCUT2D eigenvalue weighted by Gasteiger charge is -2.11. The van der Waals surface area contributed by atoms with E-state index < -0.39 is 9.84 Å². The summed E-state index contributed by atoms with van der Waals surface area (Å²) in [5.41, 5.74) is 2.58. The minimum Gasteiger partial charge on any atom is -0.351 e. The van der Waals surface area contributed by atoms with E-state index >= 15 is 0 Å². The van der Waals surface area contributed by atoms with E-state index in [1.165, 1.54) is 0 Å². The van der Waals surface area contributed by atoms with E-state index in [1.54, 1.807) is 16.0 Å². The van der Waals surface area contributed by atoms with E-state index in [9.17, 15) is 13.2 Å². The minimum absolute atomic E-state index is 0.0480. The molecule has 0 radical (unpaired) electrons. The second-order valence-corrected chi connectivity index (χ2v) is 9.44. The average Bonchev–Trinajstić information content (AvgIpc) is 3.21. The Balaban J connectivity index is 1.69. The summed E-state index contributed by atoms with van der Waals surface area (Å²) in [6, 6.07) is 3.83. The van der Waals surface area contributed by atoms with Gasteiger partial charge in [0.2, 0.25) is 5.91 Å². The Morgan fingerprint density at radius 2 is 2.25 bits per heavy atom. The second kappa shape index (κ2) is 6.68. The smallest absolute Gasteiger partial charge is 0.224 e. The Kier molecular flexibility index (Phi) is 4.78. The van der Waals surface area contributed by atoms with Gasteiger partial charge in [-0.05, 0) is 31.7 Å². The fourth-order valence-electron chi connectivity index (χ4n) is 3.10. The van der Waals surface area contributed by atoms with Crippen LogP contribution in [0.25, 0.3) is 0 Å². The van der Waals surface area contributed by atoms with Crippen LogP contribution < -0.4 is 5.32 Å². The largest absolute Gasteiger partial charge is 0.351 e. The molecule has 6 nitrogen and oxygen atoms in total. The number of thiophene rings is 1. The van der Waals surface area contributed by atoms with Crippen LogP contribution in [0.3, 0.4) is 0 Å². The molecule has 1 amide bonds. The van der Waals surface area contributed by atoms with Crippen LogP contribution in [-0.2, 0) is 27.6 Å². The van der Waals surface area contributed by atoms with Crippen LogP contribution in [0.2, 0.25) is 0 Å². The number of hydrogen-bond acceptors (Lipinski definition) is 5. The summed E-state index contributed by atoms with van der Waals surface area (Å²) in [5.74, 6) is 0.305. The third-order valence-electron chi connectivity index (χ3n) is 4.41. The summed E-state index contributed by atoms with van der Waals surface area (Å²) >= 11 is 1.61. The first-order chi connectivity index (χ1) is 11.4. The molecular formula is C16H21N3O3S2. The van der Waals surface area contributed by atoms with Gasteiger partial charge in [-0.25, -0.2) is 8.42 Å². The number of rotatable bonds is 5. The predicted octanol–water partition coefficient (Wildman–Crippen LogP) is 1.78. The molecule has 0 saturated carbocycles. The number of aryl methyl sites for hydroxylation is 1. The molecule has 8 heteroatoms. The maximum Gasteiger partial charge on any atom is 0.224 e. The highest BCUT2D eigenvalue weighted by Crippen LogP contribution is 2.27. The SMILES string of the molecule is Cc1nn(C2CCS(=O)(=O)C2)c(C)c1CC(=O)NCc1cccs1. The number of sulfone groups is 1. The van der Waals surface area contributed by atoms with Crippen LogP contribution >= 0.6 is 11.3 Å². The summed E-state index contributed by atoms with van der Waals surface area (Å²) in [7, 11) is -2.96. The van der Waals surface area contributed by atoms with Gasteiger partial charge in [0.25, 0.3) is 0 Å². The van der Waals surface area contributed by atoms with Crippen molar-refractivity contribution >= 4 is 27.1 Å². The van der Waals surface area contributed by atoms with Gasteiger partial charge in [-0.3, -0.25) is 9.48 Å². The number of carbonyl (C=O) groups excluding carboxylic acids is 1. The zero-order chi connectivity index (χ0) is 17.3. The lowest BCUT2D eigenvalue weighted by molar-refractivity contribution is -0.120. The summed E-state index contributed by atoms with van der Waals surface area (Å²) in [5, 5.41) is 9.40. The Bertz CT molecular complexity index is 838. The van der Waals surface area contributed by atoms with Gasteiger partial charge in [-0.2, -0.15) is 5.10 Å². The lowest BCUT2D eigenvalue weighted by Crippen LogP contribution is -2.24. The second-order valence-electron chi connectivity index (χ2n) is 6.18. The number of amides is 1. The molecule has 1 saturated heterocycles. The molecule has 3 heterocycles. The lowest BCUT2D eigenvalue weighted by atomic mass is 10.1. The van der Waals surface area contributed by atoms with E-state index in [0.717, 1.165) is 21.8 Å². The van der Waals surface area contributed by atoms with Gasteiger partial charge < -0.3 is 5.32 Å². The van der Waals surface area contributed by atoms with Crippen molar-refractivity contribution in [3.8, 4) is 0 Å². The predicted molar refractivity (Wildman–Crippen MR) is 93.9 cm³/mol. The number of hydrogen-bond donors (Lipinski definition) is 1. The highest BCUT2D eigenvalue weighted by atomic mass is 32.2. The maximum absolute atomic E-state index is 12.2. The molecule has 3 rings (SSSR count). The van der Waals surface area contributed by atoms with Gasteiger partial charge in [-0.15, -0.1) is 11.3 Å². The van der Waals surface area contributed by atoms with Crippen molar-refractivity contribution in [3.05, 3.63) is 39.3 Å². The molecule has 1 N–H and O–H groups in total. The molecule has 1 unspecified atom stereocenters. The third-order valence-corrected chi connectivity index (χ3v) is 7.03. The van der Waals surface area contributed by atoms with Crippen molar-refractivity contribution < 1.29 is 13.2 Å². The molecule has 1 fully saturated rings. The van der Waals surface area contributed by atoms with E-state index in [4.69, 9.17) is 0 Å². The Hall–Kier alpha value is -1.67. The van der Waals surface area contributed by atoms with Gasteiger partial charge in [0.15, 0.2) is 9.84 Å². The van der Waals surface area contributed by atoms with Crippen LogP contribution in [0, 0.1) is 13.8 Å². The number of aromatic nitrogens is 2. The molecule has 0 aliphatic carbocycles. The van der Waals surface area contributed by atoms with E-state index in [1.807, 2.05) is 31.4 Å². The van der Waals surface area contributed by atoms with Crippen molar-refractivity contribution in [2.24, 2.45) is 0 Å². The summed E-state index contributed by atoms with van der Waals surface area (Å²) < 4.78 is 25.2.